The van der Waals surface area contributed by atoms with Gasteiger partial charge in [0.25, 0.3) is 0 Å². The summed E-state index contributed by atoms with van der Waals surface area (Å²) in [5, 5.41) is 0. The highest BCUT2D eigenvalue weighted by molar-refractivity contribution is 6.18. The summed E-state index contributed by atoms with van der Waals surface area (Å²) in [5.74, 6) is -1.80. The van der Waals surface area contributed by atoms with Crippen molar-refractivity contribution in [3.63, 3.8) is 0 Å². The monoisotopic (exact) mass is 266 g/mol. The van der Waals surface area contributed by atoms with Gasteiger partial charge in [0.15, 0.2) is 17.5 Å². The van der Waals surface area contributed by atoms with E-state index in [4.69, 9.17) is 4.74 Å². The summed E-state index contributed by atoms with van der Waals surface area (Å²) in [4.78, 5) is 36.0. The van der Waals surface area contributed by atoms with Gasteiger partial charge in [-0.2, -0.15) is 0 Å². The van der Waals surface area contributed by atoms with E-state index in [0.717, 1.165) is 25.7 Å². The van der Waals surface area contributed by atoms with Gasteiger partial charge in [0.1, 0.15) is 5.60 Å². The minimum Gasteiger partial charge on any atom is -0.458 e. The second-order valence-corrected chi connectivity index (χ2v) is 6.10. The third-order valence-electron chi connectivity index (χ3n) is 4.24. The first-order valence-corrected chi connectivity index (χ1v) is 7.26. The highest BCUT2D eigenvalue weighted by Crippen LogP contribution is 2.41. The van der Waals surface area contributed by atoms with Crippen LogP contribution in [0.5, 0.6) is 0 Å². The second kappa shape index (κ2) is 5.43. The van der Waals surface area contributed by atoms with Crippen molar-refractivity contribution in [3.8, 4) is 0 Å². The van der Waals surface area contributed by atoms with Crippen molar-refractivity contribution in [2.75, 3.05) is 0 Å². The van der Waals surface area contributed by atoms with Crippen LogP contribution in [-0.4, -0.2) is 23.1 Å². The lowest BCUT2D eigenvalue weighted by atomic mass is 9.73. The molecule has 2 aliphatic rings. The topological polar surface area (TPSA) is 60.4 Å². The molecule has 1 aliphatic heterocycles. The first kappa shape index (κ1) is 14.2. The minimum atomic E-state index is -1.15. The first-order chi connectivity index (χ1) is 8.97. The van der Waals surface area contributed by atoms with E-state index in [0.29, 0.717) is 12.3 Å². The molecule has 4 heteroatoms. The fraction of sp³-hybridized carbons (Fsp3) is 0.800. The molecule has 0 amide bonds. The van der Waals surface area contributed by atoms with E-state index in [2.05, 4.69) is 6.92 Å². The summed E-state index contributed by atoms with van der Waals surface area (Å²) in [5.41, 5.74) is -0.616. The second-order valence-electron chi connectivity index (χ2n) is 6.10. The maximum atomic E-state index is 12.2. The van der Waals surface area contributed by atoms with Gasteiger partial charge < -0.3 is 4.74 Å². The van der Waals surface area contributed by atoms with Crippen LogP contribution in [0.2, 0.25) is 0 Å². The Morgan fingerprint density at radius 2 is 2.16 bits per heavy atom. The molecular weight excluding hydrogens is 244 g/mol. The van der Waals surface area contributed by atoms with Crippen LogP contribution < -0.4 is 0 Å². The Hall–Kier alpha value is -1.19. The largest absolute Gasteiger partial charge is 0.458 e. The number of ketones is 2. The SMILES string of the molecule is CCCC(=O)C1C(=O)CC2(CCCC(C)C2)OC1=O. The molecule has 1 saturated heterocycles. The van der Waals surface area contributed by atoms with Gasteiger partial charge in [0, 0.05) is 12.8 Å². The molecule has 2 rings (SSSR count). The molecule has 1 spiro atoms. The number of hydrogen-bond donors (Lipinski definition) is 0. The molecule has 0 N–H and O–H groups in total. The van der Waals surface area contributed by atoms with E-state index in [9.17, 15) is 14.4 Å². The molecule has 4 nitrogen and oxygen atoms in total. The number of esters is 1. The number of carbonyl (C=O) groups is 3. The zero-order valence-electron chi connectivity index (χ0n) is 11.7. The van der Waals surface area contributed by atoms with Crippen LogP contribution in [0.3, 0.4) is 0 Å². The molecule has 3 atom stereocenters. The summed E-state index contributed by atoms with van der Waals surface area (Å²) >= 11 is 0. The Morgan fingerprint density at radius 1 is 1.42 bits per heavy atom. The number of hydrogen-bond acceptors (Lipinski definition) is 4. The lowest BCUT2D eigenvalue weighted by Gasteiger charge is -2.42. The zero-order valence-corrected chi connectivity index (χ0v) is 11.7. The molecular formula is C15H22O4. The fourth-order valence-electron chi connectivity index (χ4n) is 3.43. The fourth-order valence-corrected chi connectivity index (χ4v) is 3.43. The van der Waals surface area contributed by atoms with Crippen LogP contribution in [0.15, 0.2) is 0 Å². The lowest BCUT2D eigenvalue weighted by Crippen LogP contribution is -2.51. The van der Waals surface area contributed by atoms with Crippen molar-refractivity contribution in [1.82, 2.24) is 0 Å². The van der Waals surface area contributed by atoms with Crippen LogP contribution in [0.25, 0.3) is 0 Å². The molecule has 2 fully saturated rings. The molecule has 19 heavy (non-hydrogen) atoms. The molecule has 1 heterocycles. The molecule has 1 aliphatic carbocycles. The van der Waals surface area contributed by atoms with E-state index in [1.807, 2.05) is 6.92 Å². The molecule has 3 unspecified atom stereocenters. The summed E-state index contributed by atoms with van der Waals surface area (Å²) < 4.78 is 5.56. The van der Waals surface area contributed by atoms with Gasteiger partial charge in [0.2, 0.25) is 0 Å². The smallest absolute Gasteiger partial charge is 0.324 e. The number of rotatable bonds is 3. The normalized spacial score (nSPS) is 35.3. The van der Waals surface area contributed by atoms with Gasteiger partial charge in [-0.3, -0.25) is 14.4 Å². The van der Waals surface area contributed by atoms with Gasteiger partial charge in [-0.05, 0) is 31.6 Å². The van der Waals surface area contributed by atoms with Crippen molar-refractivity contribution in [3.05, 3.63) is 0 Å². The third-order valence-corrected chi connectivity index (χ3v) is 4.24. The number of ether oxygens (including phenoxy) is 1. The Balaban J connectivity index is 2.12. The van der Waals surface area contributed by atoms with Crippen molar-refractivity contribution < 1.29 is 19.1 Å². The van der Waals surface area contributed by atoms with Crippen LogP contribution in [0.4, 0.5) is 0 Å². The van der Waals surface area contributed by atoms with Gasteiger partial charge in [-0.25, -0.2) is 0 Å². The molecule has 0 aromatic heterocycles. The average Bonchev–Trinajstić information content (AvgIpc) is 2.27. The van der Waals surface area contributed by atoms with Crippen LogP contribution in [0.1, 0.15) is 58.8 Å². The third kappa shape index (κ3) is 2.88. The van der Waals surface area contributed by atoms with E-state index >= 15 is 0 Å². The summed E-state index contributed by atoms with van der Waals surface area (Å²) in [6, 6.07) is 0. The Morgan fingerprint density at radius 3 is 2.74 bits per heavy atom. The quantitative estimate of drug-likeness (QED) is 0.581. The van der Waals surface area contributed by atoms with E-state index < -0.39 is 17.5 Å². The maximum absolute atomic E-state index is 12.2. The zero-order chi connectivity index (χ0) is 14.0. The van der Waals surface area contributed by atoms with Crippen molar-refractivity contribution in [2.45, 2.75) is 64.4 Å². The Labute approximate surface area is 113 Å². The number of Topliss-reactive ketones (excluding diaryl/α,β-unsaturated/α-hetero) is 2. The molecule has 106 valence electrons. The lowest BCUT2D eigenvalue weighted by molar-refractivity contribution is -0.183. The van der Waals surface area contributed by atoms with Gasteiger partial charge in [0.05, 0.1) is 0 Å². The van der Waals surface area contributed by atoms with Crippen LogP contribution >= 0.6 is 0 Å². The van der Waals surface area contributed by atoms with Crippen molar-refractivity contribution in [2.24, 2.45) is 11.8 Å². The van der Waals surface area contributed by atoms with Crippen LogP contribution in [-0.2, 0) is 19.1 Å². The first-order valence-electron chi connectivity index (χ1n) is 7.26. The summed E-state index contributed by atoms with van der Waals surface area (Å²) in [6.45, 7) is 3.98. The van der Waals surface area contributed by atoms with Gasteiger partial charge >= 0.3 is 5.97 Å². The summed E-state index contributed by atoms with van der Waals surface area (Å²) in [7, 11) is 0. The Bertz CT molecular complexity index is 381. The highest BCUT2D eigenvalue weighted by atomic mass is 16.6. The molecule has 0 radical (unpaired) electrons. The van der Waals surface area contributed by atoms with Crippen molar-refractivity contribution >= 4 is 17.5 Å². The minimum absolute atomic E-state index is 0.225. The van der Waals surface area contributed by atoms with E-state index in [1.165, 1.54) is 0 Å². The molecule has 1 saturated carbocycles. The van der Waals surface area contributed by atoms with Crippen molar-refractivity contribution in [1.29, 1.82) is 0 Å². The summed E-state index contributed by atoms with van der Waals surface area (Å²) in [6.07, 6.45) is 4.75. The van der Waals surface area contributed by atoms with Gasteiger partial charge in [-0.1, -0.05) is 20.3 Å². The van der Waals surface area contributed by atoms with E-state index in [-0.39, 0.29) is 24.4 Å². The predicted octanol–water partition coefficient (Wildman–Crippen LogP) is 2.44. The van der Waals surface area contributed by atoms with Gasteiger partial charge in [-0.15, -0.1) is 0 Å². The Kier molecular flexibility index (Phi) is 4.07. The standard InChI is InChI=1S/C15H22O4/c1-3-5-11(16)13-12(17)9-15(19-14(13)18)7-4-6-10(2)8-15/h10,13H,3-9H2,1-2H3. The molecule has 0 aromatic rings. The number of carbonyl (C=O) groups excluding carboxylic acids is 3. The highest BCUT2D eigenvalue weighted by Gasteiger charge is 2.50. The maximum Gasteiger partial charge on any atom is 0.324 e. The molecule has 0 bridgehead atoms. The van der Waals surface area contributed by atoms with Crippen LogP contribution in [0, 0.1) is 11.8 Å². The average molecular weight is 266 g/mol. The van der Waals surface area contributed by atoms with E-state index in [1.54, 1.807) is 0 Å². The molecule has 0 aromatic carbocycles. The predicted molar refractivity (Wildman–Crippen MR) is 69.5 cm³/mol.